The molecule has 4 aliphatic heterocycles. The Bertz CT molecular complexity index is 1410. The van der Waals surface area contributed by atoms with Crippen molar-refractivity contribution in [3.63, 3.8) is 0 Å². The Morgan fingerprint density at radius 1 is 0.865 bits per heavy atom. The molecule has 0 radical (unpaired) electrons. The number of hydrogen-bond donors (Lipinski definition) is 1. The van der Waals surface area contributed by atoms with E-state index in [2.05, 4.69) is 101 Å². The molecule has 4 nitrogen and oxygen atoms in total. The number of piperidine rings is 1. The van der Waals surface area contributed by atoms with Crippen LogP contribution < -0.4 is 10.2 Å². The van der Waals surface area contributed by atoms with Crippen molar-refractivity contribution in [2.24, 2.45) is 4.99 Å². The van der Waals surface area contributed by atoms with Crippen LogP contribution >= 0.6 is 0 Å². The Hall–Kier alpha value is -3.62. The van der Waals surface area contributed by atoms with Crippen LogP contribution in [0.1, 0.15) is 29.5 Å². The summed E-state index contributed by atoms with van der Waals surface area (Å²) < 4.78 is 41.4. The number of halogens is 4. The first-order valence-electron chi connectivity index (χ1n) is 12.6. The number of benzene rings is 3. The summed E-state index contributed by atoms with van der Waals surface area (Å²) in [6.07, 6.45) is 2.16. The zero-order valence-corrected chi connectivity index (χ0v) is 20.5. The van der Waals surface area contributed by atoms with E-state index in [0.717, 1.165) is 38.2 Å². The number of nitrogens with zero attached hydrogens (tertiary/aromatic N) is 3. The van der Waals surface area contributed by atoms with Crippen molar-refractivity contribution in [3.05, 3.63) is 95.6 Å². The molecule has 4 aliphatic rings. The normalized spacial score (nSPS) is 25.0. The first-order valence-corrected chi connectivity index (χ1v) is 12.6. The van der Waals surface area contributed by atoms with E-state index in [1.54, 1.807) is 0 Å². The Balaban J connectivity index is 0.000000463. The third-order valence-electron chi connectivity index (χ3n) is 8.19. The van der Waals surface area contributed by atoms with Crippen LogP contribution in [0.5, 0.6) is 0 Å². The number of amidine groups is 2. The molecule has 0 saturated carbocycles. The molecule has 7 rings (SSSR count). The lowest BCUT2D eigenvalue weighted by Crippen LogP contribution is -2.70. The zero-order valence-electron chi connectivity index (χ0n) is 20.5. The first-order chi connectivity index (χ1) is 17.8. The van der Waals surface area contributed by atoms with Crippen molar-refractivity contribution >= 4 is 30.3 Å². The van der Waals surface area contributed by atoms with Crippen molar-refractivity contribution in [1.82, 2.24) is 5.32 Å². The lowest BCUT2D eigenvalue weighted by atomic mass is 9.50. The van der Waals surface area contributed by atoms with E-state index in [1.165, 1.54) is 34.0 Å². The fourth-order valence-corrected chi connectivity index (χ4v) is 7.00. The standard InChI is InChI=1S/C28H26N4.BF4/c1-31-18-16-28-22-12-6-8-14-24(22)32(19-20-9-3-2-4-10-20)26-27(28,15-17-29-25(28)31)21-11-5-7-13-23(21)30-26;2-1(3,4)5/h2-14H,15-19H2,1H3;/q;-1/p+1/t27-,28+;/m1./s1. The molecular formula is C28H27BF4N4. The number of rotatable bonds is 2. The van der Waals surface area contributed by atoms with Gasteiger partial charge in [-0.1, -0.05) is 66.7 Å². The predicted molar refractivity (Wildman–Crippen MR) is 139 cm³/mol. The summed E-state index contributed by atoms with van der Waals surface area (Å²) in [7, 11) is -3.76. The van der Waals surface area contributed by atoms with Gasteiger partial charge in [-0.25, -0.2) is 4.99 Å². The maximum Gasteiger partial charge on any atom is 0.673 e. The van der Waals surface area contributed by atoms with Gasteiger partial charge in [0.2, 0.25) is 0 Å². The van der Waals surface area contributed by atoms with Gasteiger partial charge < -0.3 is 22.2 Å². The van der Waals surface area contributed by atoms with E-state index in [1.807, 2.05) is 0 Å². The van der Waals surface area contributed by atoms with E-state index in [0.29, 0.717) is 0 Å². The van der Waals surface area contributed by atoms with Gasteiger partial charge in [0.05, 0.1) is 31.2 Å². The molecular weight excluding hydrogens is 479 g/mol. The maximum absolute atomic E-state index is 9.75. The van der Waals surface area contributed by atoms with Gasteiger partial charge in [-0.15, -0.1) is 0 Å². The Labute approximate surface area is 213 Å². The maximum atomic E-state index is 9.75. The van der Waals surface area contributed by atoms with Crippen LogP contribution in [0.25, 0.3) is 0 Å². The third kappa shape index (κ3) is 3.50. The van der Waals surface area contributed by atoms with Gasteiger partial charge in [0.1, 0.15) is 11.3 Å². The van der Waals surface area contributed by atoms with Gasteiger partial charge in [-0.3, -0.25) is 9.89 Å². The van der Waals surface area contributed by atoms with E-state index in [4.69, 9.17) is 4.99 Å². The highest BCUT2D eigenvalue weighted by molar-refractivity contribution is 6.50. The minimum atomic E-state index is -6.00. The molecule has 37 heavy (non-hydrogen) atoms. The quantitative estimate of drug-likeness (QED) is 0.276. The topological polar surface area (TPSA) is 30.6 Å². The lowest BCUT2D eigenvalue weighted by molar-refractivity contribution is -0.490. The van der Waals surface area contributed by atoms with E-state index in [9.17, 15) is 17.3 Å². The second kappa shape index (κ2) is 8.47. The zero-order chi connectivity index (χ0) is 25.8. The number of anilines is 1. The molecule has 9 heteroatoms. The summed E-state index contributed by atoms with van der Waals surface area (Å²) in [5.74, 6) is 2.61. The number of fused-ring (bicyclic) bond motifs is 2. The summed E-state index contributed by atoms with van der Waals surface area (Å²) in [6.45, 7) is 2.86. The van der Waals surface area contributed by atoms with Gasteiger partial charge in [0.25, 0.3) is 5.84 Å². The third-order valence-corrected chi connectivity index (χ3v) is 8.19. The molecule has 0 bridgehead atoms. The molecule has 3 aromatic rings. The summed E-state index contributed by atoms with van der Waals surface area (Å²) in [6, 6.07) is 28.8. The van der Waals surface area contributed by atoms with E-state index >= 15 is 0 Å². The van der Waals surface area contributed by atoms with Crippen LogP contribution in [0.4, 0.5) is 28.6 Å². The highest BCUT2D eigenvalue weighted by Crippen LogP contribution is 2.63. The largest absolute Gasteiger partial charge is 0.673 e. The molecule has 1 saturated heterocycles. The van der Waals surface area contributed by atoms with E-state index in [-0.39, 0.29) is 10.8 Å². The van der Waals surface area contributed by atoms with Crippen LogP contribution in [0, 0.1) is 0 Å². The molecule has 4 heterocycles. The average Bonchev–Trinajstić information content (AvgIpc) is 3.40. The molecule has 0 amide bonds. The van der Waals surface area contributed by atoms with Crippen LogP contribution in [-0.2, 0) is 17.4 Å². The minimum absolute atomic E-state index is 0.102. The van der Waals surface area contributed by atoms with Crippen molar-refractivity contribution in [3.8, 4) is 0 Å². The number of aliphatic imine (C=N–C) groups is 1. The van der Waals surface area contributed by atoms with Gasteiger partial charge in [-0.2, -0.15) is 0 Å². The number of nitrogens with one attached hydrogen (secondary N) is 1. The molecule has 2 spiro atoms. The van der Waals surface area contributed by atoms with Crippen LogP contribution in [0.15, 0.2) is 83.9 Å². The second-order valence-electron chi connectivity index (χ2n) is 10.0. The van der Waals surface area contributed by atoms with Crippen molar-refractivity contribution in [2.45, 2.75) is 30.2 Å². The highest BCUT2D eigenvalue weighted by Gasteiger charge is 2.71. The van der Waals surface area contributed by atoms with Crippen LogP contribution in [0.3, 0.4) is 0 Å². The summed E-state index contributed by atoms with van der Waals surface area (Å²) in [5.41, 5.74) is 6.36. The van der Waals surface area contributed by atoms with Gasteiger partial charge >= 0.3 is 7.25 Å². The van der Waals surface area contributed by atoms with Crippen molar-refractivity contribution in [1.29, 1.82) is 0 Å². The smallest absolute Gasteiger partial charge is 0.418 e. The molecule has 0 aliphatic carbocycles. The SMILES string of the molecule is C[N+]1=C2NCC[C@]34C(=Nc5ccccc53)N(Cc3ccccc3)c3ccccc3[C@@]24CC1.F[B-](F)(F)F. The molecule has 3 aromatic carbocycles. The van der Waals surface area contributed by atoms with Gasteiger partial charge in [0.15, 0.2) is 0 Å². The van der Waals surface area contributed by atoms with Crippen molar-refractivity contribution in [2.75, 3.05) is 25.0 Å². The summed E-state index contributed by atoms with van der Waals surface area (Å²) in [5, 5.41) is 3.83. The molecule has 0 unspecified atom stereocenters. The second-order valence-corrected chi connectivity index (χ2v) is 10.0. The number of para-hydroxylation sites is 2. The fraction of sp³-hybridized carbons (Fsp3) is 0.286. The summed E-state index contributed by atoms with van der Waals surface area (Å²) >= 11 is 0. The Morgan fingerprint density at radius 3 is 2.27 bits per heavy atom. The van der Waals surface area contributed by atoms with Gasteiger partial charge in [-0.05, 0) is 28.8 Å². The van der Waals surface area contributed by atoms with Gasteiger partial charge in [0, 0.05) is 25.1 Å². The first kappa shape index (κ1) is 23.8. The van der Waals surface area contributed by atoms with Crippen LogP contribution in [0.2, 0.25) is 0 Å². The molecule has 190 valence electrons. The van der Waals surface area contributed by atoms with Crippen molar-refractivity contribution < 1.29 is 21.8 Å². The molecule has 1 fully saturated rings. The number of hydrogen-bond acceptors (Lipinski definition) is 3. The monoisotopic (exact) mass is 506 g/mol. The van der Waals surface area contributed by atoms with E-state index < -0.39 is 7.25 Å². The predicted octanol–water partition coefficient (Wildman–Crippen LogP) is 5.66. The lowest BCUT2D eigenvalue weighted by Gasteiger charge is -2.55. The summed E-state index contributed by atoms with van der Waals surface area (Å²) in [4.78, 5) is 7.90. The highest BCUT2D eigenvalue weighted by atomic mass is 19.5. The minimum Gasteiger partial charge on any atom is -0.418 e. The Kier molecular flexibility index (Phi) is 5.44. The molecule has 0 aromatic heterocycles. The fourth-order valence-electron chi connectivity index (χ4n) is 7.00. The average molecular weight is 506 g/mol. The Morgan fingerprint density at radius 2 is 1.51 bits per heavy atom. The van der Waals surface area contributed by atoms with Crippen LogP contribution in [-0.4, -0.2) is 43.6 Å². The molecule has 2 atom stereocenters. The molecule has 1 N–H and O–H groups in total.